The molecule has 0 aromatic heterocycles. The topological polar surface area (TPSA) is 40.5 Å². The molecule has 1 N–H and O–H groups in total. The quantitative estimate of drug-likeness (QED) is 0.609. The summed E-state index contributed by atoms with van der Waals surface area (Å²) in [7, 11) is 3.45. The van der Waals surface area contributed by atoms with Crippen molar-refractivity contribution in [1.82, 2.24) is 4.90 Å². The van der Waals surface area contributed by atoms with Crippen LogP contribution in [0.25, 0.3) is 0 Å². The summed E-state index contributed by atoms with van der Waals surface area (Å²) < 4.78 is 0. The predicted molar refractivity (Wildman–Crippen MR) is 53.1 cm³/mol. The molecule has 3 heteroatoms. The van der Waals surface area contributed by atoms with Crippen LogP contribution in [0.3, 0.4) is 0 Å². The molecule has 0 spiro atoms. The maximum Gasteiger partial charge on any atom is 0.218 e. The zero-order chi connectivity index (χ0) is 10.6. The Morgan fingerprint density at radius 3 is 1.33 bits per heavy atom. The van der Waals surface area contributed by atoms with Crippen LogP contribution >= 0.6 is 0 Å². The van der Waals surface area contributed by atoms with Crippen molar-refractivity contribution < 1.29 is 9.90 Å². The van der Waals surface area contributed by atoms with Gasteiger partial charge in [0.1, 0.15) is 0 Å². The van der Waals surface area contributed by atoms with Crippen molar-refractivity contribution >= 4 is 5.91 Å². The van der Waals surface area contributed by atoms with Crippen LogP contribution in [-0.4, -0.2) is 36.6 Å². The predicted octanol–water partition coefficient (Wildman–Crippen LogP) is 1.51. The number of nitrogens with zero attached hydrogens (tertiary/aromatic N) is 1. The largest absolute Gasteiger partial charge is 0.397 e. The summed E-state index contributed by atoms with van der Waals surface area (Å²) in [5.41, 5.74) is 0. The summed E-state index contributed by atoms with van der Waals surface area (Å²) in [6.07, 6.45) is 1.25. The highest BCUT2D eigenvalue weighted by molar-refractivity contribution is 5.72. The summed E-state index contributed by atoms with van der Waals surface area (Å²) in [6, 6.07) is 0. The Labute approximate surface area is 76.4 Å². The van der Waals surface area contributed by atoms with Crippen LogP contribution in [0.4, 0.5) is 0 Å². The van der Waals surface area contributed by atoms with E-state index >= 15 is 0 Å². The Morgan fingerprint density at radius 2 is 1.33 bits per heavy atom. The highest BCUT2D eigenvalue weighted by Crippen LogP contribution is 1.69. The van der Waals surface area contributed by atoms with Gasteiger partial charge in [0.2, 0.25) is 5.91 Å². The van der Waals surface area contributed by atoms with E-state index in [4.69, 9.17) is 5.11 Å². The minimum absolute atomic E-state index is 0.0926. The van der Waals surface area contributed by atoms with Gasteiger partial charge in [-0.1, -0.05) is 20.3 Å². The van der Waals surface area contributed by atoms with Gasteiger partial charge in [0.25, 0.3) is 0 Å². The van der Waals surface area contributed by atoms with Crippen molar-refractivity contribution in [2.45, 2.75) is 34.1 Å². The van der Waals surface area contributed by atoms with Gasteiger partial charge in [-0.05, 0) is 6.92 Å². The van der Waals surface area contributed by atoms with Gasteiger partial charge in [-0.3, -0.25) is 4.79 Å². The summed E-state index contributed by atoms with van der Waals surface area (Å²) in [5.74, 6) is 0.0926. The molecule has 0 bridgehead atoms. The number of hydrogen-bond acceptors (Lipinski definition) is 2. The van der Waals surface area contributed by atoms with Gasteiger partial charge in [-0.25, -0.2) is 0 Å². The molecule has 0 fully saturated rings. The normalized spacial score (nSPS) is 6.92. The first-order valence-electron chi connectivity index (χ1n) is 4.26. The molecule has 1 amide bonds. The van der Waals surface area contributed by atoms with Crippen LogP contribution in [0.15, 0.2) is 0 Å². The van der Waals surface area contributed by atoms with Crippen molar-refractivity contribution in [2.24, 2.45) is 0 Å². The summed E-state index contributed by atoms with van der Waals surface area (Å²) in [6.45, 7) is 7.71. The average Bonchev–Trinajstić information content (AvgIpc) is 1.90. The molecule has 0 aromatic rings. The Hall–Kier alpha value is -0.570. The van der Waals surface area contributed by atoms with E-state index in [1.807, 2.05) is 0 Å². The highest BCUT2D eigenvalue weighted by Gasteiger charge is 1.87. The van der Waals surface area contributed by atoms with E-state index in [1.54, 1.807) is 21.0 Å². The third-order valence-corrected chi connectivity index (χ3v) is 0.630. The van der Waals surface area contributed by atoms with E-state index in [2.05, 4.69) is 13.8 Å². The standard InChI is InChI=1S/C4H9NO.C3H8.C2H6O/c1-4(6)5(2)3;1-3-2;1-2-3/h1-3H3;3H2,1-2H3;3H,2H2,1H3. The van der Waals surface area contributed by atoms with E-state index in [0.29, 0.717) is 0 Å². The van der Waals surface area contributed by atoms with Crippen LogP contribution in [0, 0.1) is 0 Å². The molecule has 0 aliphatic carbocycles. The van der Waals surface area contributed by atoms with Crippen molar-refractivity contribution in [2.75, 3.05) is 20.7 Å². The van der Waals surface area contributed by atoms with Crippen molar-refractivity contribution in [1.29, 1.82) is 0 Å². The maximum atomic E-state index is 10.1. The highest BCUT2D eigenvalue weighted by atomic mass is 16.2. The van der Waals surface area contributed by atoms with E-state index in [9.17, 15) is 4.79 Å². The maximum absolute atomic E-state index is 10.1. The van der Waals surface area contributed by atoms with Crippen LogP contribution < -0.4 is 0 Å². The molecule has 0 saturated carbocycles. The Morgan fingerprint density at radius 1 is 1.25 bits per heavy atom. The monoisotopic (exact) mass is 177 g/mol. The lowest BCUT2D eigenvalue weighted by atomic mass is 10.6. The number of hydrogen-bond donors (Lipinski definition) is 1. The molecule has 0 heterocycles. The molecule has 0 aromatic carbocycles. The van der Waals surface area contributed by atoms with Gasteiger partial charge in [0, 0.05) is 27.6 Å². The minimum Gasteiger partial charge on any atom is -0.397 e. The fourth-order valence-electron chi connectivity index (χ4n) is 0. The van der Waals surface area contributed by atoms with Gasteiger partial charge < -0.3 is 10.0 Å². The van der Waals surface area contributed by atoms with Gasteiger partial charge in [0.15, 0.2) is 0 Å². The number of rotatable bonds is 0. The fraction of sp³-hybridized carbons (Fsp3) is 0.889. The lowest BCUT2D eigenvalue weighted by Gasteiger charge is -2.02. The summed E-state index contributed by atoms with van der Waals surface area (Å²) >= 11 is 0. The number of amides is 1. The SMILES string of the molecule is CC(=O)N(C)C.CCC.CCO. The van der Waals surface area contributed by atoms with E-state index in [1.165, 1.54) is 18.2 Å². The smallest absolute Gasteiger partial charge is 0.218 e. The summed E-state index contributed by atoms with van der Waals surface area (Å²) in [5, 5.41) is 7.57. The fourth-order valence-corrected chi connectivity index (χ4v) is 0. The van der Waals surface area contributed by atoms with Crippen molar-refractivity contribution in [3.63, 3.8) is 0 Å². The molecule has 76 valence electrons. The molecule has 0 aliphatic heterocycles. The number of aliphatic hydroxyl groups excluding tert-OH is 1. The molecule has 3 nitrogen and oxygen atoms in total. The van der Waals surface area contributed by atoms with Crippen molar-refractivity contribution in [3.8, 4) is 0 Å². The lowest BCUT2D eigenvalue weighted by Crippen LogP contribution is -2.17. The molecular formula is C9H23NO2. The van der Waals surface area contributed by atoms with Crippen LogP contribution in [0.1, 0.15) is 34.1 Å². The third kappa shape index (κ3) is 57.0. The second-order valence-electron chi connectivity index (χ2n) is 2.44. The average molecular weight is 177 g/mol. The van der Waals surface area contributed by atoms with E-state index in [0.717, 1.165) is 0 Å². The number of aliphatic hydroxyl groups is 1. The molecule has 0 aliphatic rings. The second kappa shape index (κ2) is 16.8. The molecular weight excluding hydrogens is 154 g/mol. The Kier molecular flexibility index (Phi) is 24.5. The van der Waals surface area contributed by atoms with Gasteiger partial charge in [-0.15, -0.1) is 0 Å². The van der Waals surface area contributed by atoms with Gasteiger partial charge in [0.05, 0.1) is 0 Å². The number of carbonyl (C=O) groups is 1. The lowest BCUT2D eigenvalue weighted by molar-refractivity contribution is -0.126. The van der Waals surface area contributed by atoms with Crippen LogP contribution in [0.2, 0.25) is 0 Å². The van der Waals surface area contributed by atoms with Crippen LogP contribution in [-0.2, 0) is 4.79 Å². The molecule has 0 radical (unpaired) electrons. The molecule has 0 atom stereocenters. The first kappa shape index (κ1) is 17.5. The number of carbonyl (C=O) groups excluding carboxylic acids is 1. The first-order chi connectivity index (χ1) is 5.47. The minimum atomic E-state index is 0.0926. The summed E-state index contributed by atoms with van der Waals surface area (Å²) in [4.78, 5) is 11.6. The van der Waals surface area contributed by atoms with Crippen molar-refractivity contribution in [3.05, 3.63) is 0 Å². The van der Waals surface area contributed by atoms with Gasteiger partial charge in [-0.2, -0.15) is 0 Å². The molecule has 0 unspecified atom stereocenters. The van der Waals surface area contributed by atoms with Gasteiger partial charge >= 0.3 is 0 Å². The second-order valence-corrected chi connectivity index (χ2v) is 2.44. The molecule has 0 saturated heterocycles. The first-order valence-corrected chi connectivity index (χ1v) is 4.26. The van der Waals surface area contributed by atoms with E-state index in [-0.39, 0.29) is 12.5 Å². The van der Waals surface area contributed by atoms with E-state index < -0.39 is 0 Å². The zero-order valence-electron chi connectivity index (χ0n) is 9.22. The Balaban J connectivity index is -0.000000115. The van der Waals surface area contributed by atoms with Crippen LogP contribution in [0.5, 0.6) is 0 Å². The Bertz CT molecular complexity index is 80.6. The zero-order valence-corrected chi connectivity index (χ0v) is 9.22. The molecule has 12 heavy (non-hydrogen) atoms. The molecule has 0 rings (SSSR count). The third-order valence-electron chi connectivity index (χ3n) is 0.630.